The fourth-order valence-corrected chi connectivity index (χ4v) is 5.92. The molecule has 0 bridgehead atoms. The minimum absolute atomic E-state index is 0.0314. The van der Waals surface area contributed by atoms with E-state index in [-0.39, 0.29) is 17.5 Å². The summed E-state index contributed by atoms with van der Waals surface area (Å²) in [6, 6.07) is 20.5. The van der Waals surface area contributed by atoms with Crippen molar-refractivity contribution in [1.82, 2.24) is 9.21 Å². The molecule has 1 unspecified atom stereocenters. The molecule has 0 saturated carbocycles. The number of carbonyl (C=O) groups excluding carboxylic acids is 1. The third-order valence-corrected chi connectivity index (χ3v) is 7.82. The number of hydrogen-bond acceptors (Lipinski definition) is 3. The molecule has 1 aliphatic heterocycles. The monoisotopic (exact) mass is 468 g/mol. The van der Waals surface area contributed by atoms with Crippen LogP contribution in [-0.4, -0.2) is 36.2 Å². The lowest BCUT2D eigenvalue weighted by atomic mass is 9.92. The molecule has 3 aromatic rings. The van der Waals surface area contributed by atoms with Crippen molar-refractivity contribution < 1.29 is 13.2 Å². The lowest BCUT2D eigenvalue weighted by Gasteiger charge is -2.29. The Kier molecular flexibility index (Phi) is 6.01. The number of sulfonamides is 1. The number of benzene rings is 3. The molecule has 166 valence electrons. The molecule has 0 radical (unpaired) electrons. The molecular weight excluding hydrogens is 444 g/mol. The summed E-state index contributed by atoms with van der Waals surface area (Å²) in [5.41, 5.74) is 3.81. The second-order valence-corrected chi connectivity index (χ2v) is 10.5. The van der Waals surface area contributed by atoms with E-state index in [0.29, 0.717) is 5.02 Å². The third kappa shape index (κ3) is 3.89. The predicted molar refractivity (Wildman–Crippen MR) is 127 cm³/mol. The van der Waals surface area contributed by atoms with Crippen molar-refractivity contribution >= 4 is 27.7 Å². The van der Waals surface area contributed by atoms with E-state index in [1.807, 2.05) is 63.2 Å². The van der Waals surface area contributed by atoms with Crippen LogP contribution in [0.1, 0.15) is 31.0 Å². The molecule has 4 rings (SSSR count). The number of halogens is 1. The highest BCUT2D eigenvalue weighted by Gasteiger charge is 2.46. The van der Waals surface area contributed by atoms with Crippen LogP contribution in [0.2, 0.25) is 5.02 Å². The molecule has 5 nitrogen and oxygen atoms in total. The van der Waals surface area contributed by atoms with Crippen molar-refractivity contribution in [3.05, 3.63) is 88.9 Å². The zero-order valence-corrected chi connectivity index (χ0v) is 19.8. The van der Waals surface area contributed by atoms with Crippen LogP contribution in [0.4, 0.5) is 4.79 Å². The first-order chi connectivity index (χ1) is 15.2. The summed E-state index contributed by atoms with van der Waals surface area (Å²) in [7, 11) is -3.97. The smallest absolute Gasteiger partial charge is 0.312 e. The normalized spacial score (nSPS) is 16.8. The van der Waals surface area contributed by atoms with Crippen LogP contribution in [0.25, 0.3) is 11.1 Å². The van der Waals surface area contributed by atoms with Gasteiger partial charge in [-0.2, -0.15) is 0 Å². The summed E-state index contributed by atoms with van der Waals surface area (Å²) in [4.78, 5) is 15.1. The van der Waals surface area contributed by atoms with Crippen LogP contribution in [0, 0.1) is 6.92 Å². The van der Waals surface area contributed by atoms with Crippen LogP contribution < -0.4 is 0 Å². The van der Waals surface area contributed by atoms with Gasteiger partial charge >= 0.3 is 6.03 Å². The van der Waals surface area contributed by atoms with E-state index >= 15 is 0 Å². The summed E-state index contributed by atoms with van der Waals surface area (Å²) in [5, 5.41) is 0.546. The first-order valence-electron chi connectivity index (χ1n) is 10.5. The predicted octanol–water partition coefficient (Wildman–Crippen LogP) is 5.89. The summed E-state index contributed by atoms with van der Waals surface area (Å²) >= 11 is 6.50. The molecule has 1 aliphatic rings. The SMILES string of the molecule is Cc1c(-c2ccccc2)cc(Cl)cc1C1CN(S(=O)(=O)c2ccccc2)C(=O)N1C(C)C. The maximum atomic E-state index is 13.3. The van der Waals surface area contributed by atoms with Gasteiger partial charge in [0, 0.05) is 11.1 Å². The quantitative estimate of drug-likeness (QED) is 0.469. The number of rotatable bonds is 5. The summed E-state index contributed by atoms with van der Waals surface area (Å²) in [6.45, 7) is 5.80. The lowest BCUT2D eigenvalue weighted by Crippen LogP contribution is -2.39. The van der Waals surface area contributed by atoms with Gasteiger partial charge in [0.15, 0.2) is 0 Å². The Bertz CT molecular complexity index is 1240. The minimum atomic E-state index is -3.97. The van der Waals surface area contributed by atoms with Gasteiger partial charge in [0.25, 0.3) is 10.0 Å². The maximum Gasteiger partial charge on any atom is 0.334 e. The van der Waals surface area contributed by atoms with Crippen molar-refractivity contribution in [3.63, 3.8) is 0 Å². The van der Waals surface area contributed by atoms with E-state index < -0.39 is 22.1 Å². The highest BCUT2D eigenvalue weighted by molar-refractivity contribution is 7.89. The van der Waals surface area contributed by atoms with Gasteiger partial charge in [-0.25, -0.2) is 17.5 Å². The second kappa shape index (κ2) is 8.60. The molecule has 2 amide bonds. The van der Waals surface area contributed by atoms with Crippen molar-refractivity contribution in [1.29, 1.82) is 0 Å². The number of urea groups is 1. The number of carbonyl (C=O) groups is 1. The molecule has 3 aromatic carbocycles. The Morgan fingerprint density at radius 3 is 2.16 bits per heavy atom. The number of amides is 2. The fraction of sp³-hybridized carbons (Fsp3) is 0.240. The Balaban J connectivity index is 1.82. The van der Waals surface area contributed by atoms with Gasteiger partial charge in [0.05, 0.1) is 17.5 Å². The molecule has 7 heteroatoms. The van der Waals surface area contributed by atoms with Crippen LogP contribution in [0.15, 0.2) is 77.7 Å². The highest BCUT2D eigenvalue weighted by atomic mass is 35.5. The maximum absolute atomic E-state index is 13.3. The lowest BCUT2D eigenvalue weighted by molar-refractivity contribution is 0.181. The van der Waals surface area contributed by atoms with Gasteiger partial charge in [-0.3, -0.25) is 0 Å². The molecule has 0 aromatic heterocycles. The van der Waals surface area contributed by atoms with Crippen molar-refractivity contribution in [3.8, 4) is 11.1 Å². The fourth-order valence-electron chi connectivity index (χ4n) is 4.30. The van der Waals surface area contributed by atoms with Gasteiger partial charge in [0.1, 0.15) is 0 Å². The molecular formula is C25H25ClN2O3S. The van der Waals surface area contributed by atoms with E-state index in [9.17, 15) is 13.2 Å². The Labute approximate surface area is 194 Å². The van der Waals surface area contributed by atoms with Crippen LogP contribution in [-0.2, 0) is 10.0 Å². The molecule has 0 aliphatic carbocycles. The van der Waals surface area contributed by atoms with E-state index in [0.717, 1.165) is 26.6 Å². The van der Waals surface area contributed by atoms with Crippen LogP contribution >= 0.6 is 11.6 Å². The van der Waals surface area contributed by atoms with E-state index in [2.05, 4.69) is 0 Å². The third-order valence-electron chi connectivity index (χ3n) is 5.85. The summed E-state index contributed by atoms with van der Waals surface area (Å²) in [5.74, 6) is 0. The molecule has 0 spiro atoms. The zero-order valence-electron chi connectivity index (χ0n) is 18.2. The minimum Gasteiger partial charge on any atom is -0.312 e. The van der Waals surface area contributed by atoms with Gasteiger partial charge in [-0.15, -0.1) is 0 Å². The summed E-state index contributed by atoms with van der Waals surface area (Å²) < 4.78 is 27.5. The Morgan fingerprint density at radius 2 is 1.56 bits per heavy atom. The van der Waals surface area contributed by atoms with Crippen molar-refractivity contribution in [2.75, 3.05) is 6.54 Å². The second-order valence-electron chi connectivity index (χ2n) is 8.18. The topological polar surface area (TPSA) is 57.7 Å². The van der Waals surface area contributed by atoms with E-state index in [4.69, 9.17) is 11.6 Å². The van der Waals surface area contributed by atoms with Gasteiger partial charge in [-0.1, -0.05) is 60.1 Å². The number of nitrogens with zero attached hydrogens (tertiary/aromatic N) is 2. The van der Waals surface area contributed by atoms with E-state index in [1.165, 1.54) is 12.1 Å². The van der Waals surface area contributed by atoms with Crippen molar-refractivity contribution in [2.24, 2.45) is 0 Å². The molecule has 0 N–H and O–H groups in total. The largest absolute Gasteiger partial charge is 0.334 e. The highest BCUT2D eigenvalue weighted by Crippen LogP contribution is 2.40. The first kappa shape index (κ1) is 22.4. The first-order valence-corrected chi connectivity index (χ1v) is 12.3. The average molecular weight is 469 g/mol. The molecule has 32 heavy (non-hydrogen) atoms. The van der Waals surface area contributed by atoms with Crippen LogP contribution in [0.3, 0.4) is 0 Å². The Morgan fingerprint density at radius 1 is 0.969 bits per heavy atom. The van der Waals surface area contributed by atoms with Crippen molar-refractivity contribution in [2.45, 2.75) is 37.8 Å². The zero-order chi connectivity index (χ0) is 23.0. The van der Waals surface area contributed by atoms with E-state index in [1.54, 1.807) is 23.1 Å². The molecule has 1 heterocycles. The number of hydrogen-bond donors (Lipinski definition) is 0. The Hall–Kier alpha value is -2.83. The average Bonchev–Trinajstić information content (AvgIpc) is 3.14. The van der Waals surface area contributed by atoms with Gasteiger partial charge in [0.2, 0.25) is 0 Å². The standard InChI is InChI=1S/C25H25ClN2O3S/c1-17(2)28-24(16-27(25(28)29)32(30,31)21-12-8-5-9-13-21)23-15-20(26)14-22(18(23)3)19-10-6-4-7-11-19/h4-15,17,24H,16H2,1-3H3. The molecule has 1 saturated heterocycles. The molecule has 1 atom stereocenters. The van der Waals surface area contributed by atoms with Crippen LogP contribution in [0.5, 0.6) is 0 Å². The summed E-state index contributed by atoms with van der Waals surface area (Å²) in [6.07, 6.45) is 0. The van der Waals surface area contributed by atoms with Gasteiger partial charge < -0.3 is 4.90 Å². The molecule has 1 fully saturated rings. The van der Waals surface area contributed by atoms with Gasteiger partial charge in [-0.05, 0) is 67.3 Å².